The number of rotatable bonds is 7. The minimum atomic E-state index is -0.0301. The molecule has 6 heteroatoms. The number of nitrogens with one attached hydrogen (secondary N) is 1. The first-order chi connectivity index (χ1) is 16.0. The normalized spacial score (nSPS) is 16.5. The van der Waals surface area contributed by atoms with E-state index in [0.717, 1.165) is 55.0 Å². The molecule has 0 spiro atoms. The molecule has 1 aliphatic rings. The van der Waals surface area contributed by atoms with Gasteiger partial charge in [-0.25, -0.2) is 0 Å². The fraction of sp³-hybridized carbons (Fsp3) is 0.296. The summed E-state index contributed by atoms with van der Waals surface area (Å²) < 4.78 is 0. The number of carbonyl (C=O) groups is 1. The standard InChI is InChI=1S/C27H28Cl2N2OS/c1-19-14-20(18-33-24-7-3-2-4-8-24)9-12-26(19)30-27(32)22-6-5-13-31(17-22)16-21-10-11-23(28)15-25(21)29/h2-4,7-12,14-15,22H,5-6,13,16-18H2,1H3,(H,30,32). The zero-order valence-electron chi connectivity index (χ0n) is 18.7. The molecule has 3 aromatic rings. The number of hydrogen-bond donors (Lipinski definition) is 1. The van der Waals surface area contributed by atoms with Crippen LogP contribution in [0.1, 0.15) is 29.5 Å². The predicted octanol–water partition coefficient (Wildman–Crippen LogP) is 7.44. The van der Waals surface area contributed by atoms with Crippen molar-refractivity contribution in [2.75, 3.05) is 18.4 Å². The molecule has 3 aromatic carbocycles. The highest BCUT2D eigenvalue weighted by Gasteiger charge is 2.26. The first-order valence-corrected chi connectivity index (χ1v) is 13.0. The van der Waals surface area contributed by atoms with Crippen LogP contribution in [-0.2, 0) is 17.1 Å². The van der Waals surface area contributed by atoms with Crippen molar-refractivity contribution in [2.24, 2.45) is 5.92 Å². The van der Waals surface area contributed by atoms with E-state index in [1.165, 1.54) is 10.5 Å². The van der Waals surface area contributed by atoms with E-state index >= 15 is 0 Å². The summed E-state index contributed by atoms with van der Waals surface area (Å²) in [4.78, 5) is 16.6. The third kappa shape index (κ3) is 6.77. The second kappa shape index (κ2) is 11.4. The van der Waals surface area contributed by atoms with Gasteiger partial charge in [0.1, 0.15) is 0 Å². The number of amides is 1. The third-order valence-electron chi connectivity index (χ3n) is 5.98. The molecule has 172 valence electrons. The van der Waals surface area contributed by atoms with Gasteiger partial charge < -0.3 is 5.32 Å². The zero-order chi connectivity index (χ0) is 23.2. The first-order valence-electron chi connectivity index (χ1n) is 11.2. The Balaban J connectivity index is 1.33. The van der Waals surface area contributed by atoms with Crippen molar-refractivity contribution in [1.29, 1.82) is 0 Å². The van der Waals surface area contributed by atoms with E-state index in [1.54, 1.807) is 6.07 Å². The zero-order valence-corrected chi connectivity index (χ0v) is 21.0. The number of anilines is 1. The van der Waals surface area contributed by atoms with Gasteiger partial charge in [0.05, 0.1) is 5.92 Å². The minimum Gasteiger partial charge on any atom is -0.326 e. The van der Waals surface area contributed by atoms with Crippen LogP contribution in [0.25, 0.3) is 0 Å². The first kappa shape index (κ1) is 24.2. The van der Waals surface area contributed by atoms with Gasteiger partial charge in [-0.15, -0.1) is 11.8 Å². The summed E-state index contributed by atoms with van der Waals surface area (Å²) >= 11 is 14.2. The van der Waals surface area contributed by atoms with E-state index in [1.807, 2.05) is 36.0 Å². The summed E-state index contributed by atoms with van der Waals surface area (Å²) in [5.74, 6) is 0.971. The van der Waals surface area contributed by atoms with Gasteiger partial charge in [0, 0.05) is 39.5 Å². The van der Waals surface area contributed by atoms with Crippen LogP contribution in [0.15, 0.2) is 71.6 Å². The molecule has 1 atom stereocenters. The lowest BCUT2D eigenvalue weighted by atomic mass is 9.96. The van der Waals surface area contributed by atoms with Crippen molar-refractivity contribution in [3.05, 3.63) is 93.5 Å². The average molecular weight is 500 g/mol. The minimum absolute atomic E-state index is 0.0301. The lowest BCUT2D eigenvalue weighted by Crippen LogP contribution is -2.40. The van der Waals surface area contributed by atoms with E-state index in [4.69, 9.17) is 23.2 Å². The summed E-state index contributed by atoms with van der Waals surface area (Å²) in [6.07, 6.45) is 1.90. The number of benzene rings is 3. The number of piperidine rings is 1. The molecule has 1 saturated heterocycles. The van der Waals surface area contributed by atoms with Gasteiger partial charge in [0.15, 0.2) is 0 Å². The van der Waals surface area contributed by atoms with Crippen molar-refractivity contribution >= 4 is 46.6 Å². The Morgan fingerprint density at radius 2 is 1.91 bits per heavy atom. The molecule has 1 unspecified atom stereocenters. The summed E-state index contributed by atoms with van der Waals surface area (Å²) in [5, 5.41) is 4.48. The molecule has 3 nitrogen and oxygen atoms in total. The summed E-state index contributed by atoms with van der Waals surface area (Å²) in [5.41, 5.74) is 4.28. The summed E-state index contributed by atoms with van der Waals surface area (Å²) in [6.45, 7) is 4.49. The Labute approximate surface area is 210 Å². The van der Waals surface area contributed by atoms with Gasteiger partial charge >= 0.3 is 0 Å². The third-order valence-corrected chi connectivity index (χ3v) is 7.65. The highest BCUT2D eigenvalue weighted by atomic mass is 35.5. The predicted molar refractivity (Wildman–Crippen MR) is 140 cm³/mol. The van der Waals surface area contributed by atoms with Crippen LogP contribution in [0, 0.1) is 12.8 Å². The smallest absolute Gasteiger partial charge is 0.228 e. The van der Waals surface area contributed by atoms with E-state index in [0.29, 0.717) is 10.0 Å². The number of likely N-dealkylation sites (tertiary alicyclic amines) is 1. The van der Waals surface area contributed by atoms with Gasteiger partial charge in [0.2, 0.25) is 5.91 Å². The number of halogens is 2. The molecule has 0 radical (unpaired) electrons. The largest absolute Gasteiger partial charge is 0.326 e. The van der Waals surface area contributed by atoms with Gasteiger partial charge in [-0.2, -0.15) is 0 Å². The Morgan fingerprint density at radius 3 is 2.67 bits per heavy atom. The molecule has 0 saturated carbocycles. The van der Waals surface area contributed by atoms with Crippen molar-refractivity contribution < 1.29 is 4.79 Å². The van der Waals surface area contributed by atoms with E-state index in [2.05, 4.69) is 53.5 Å². The van der Waals surface area contributed by atoms with Crippen molar-refractivity contribution in [2.45, 2.75) is 37.0 Å². The second-order valence-electron chi connectivity index (χ2n) is 8.55. The molecule has 1 heterocycles. The lowest BCUT2D eigenvalue weighted by molar-refractivity contribution is -0.121. The number of carbonyl (C=O) groups excluding carboxylic acids is 1. The topological polar surface area (TPSA) is 32.3 Å². The van der Waals surface area contributed by atoms with Gasteiger partial charge in [-0.05, 0) is 73.3 Å². The van der Waals surface area contributed by atoms with Crippen LogP contribution in [0.3, 0.4) is 0 Å². The number of hydrogen-bond acceptors (Lipinski definition) is 3. The quantitative estimate of drug-likeness (QED) is 0.343. The molecule has 1 amide bonds. The monoisotopic (exact) mass is 498 g/mol. The van der Waals surface area contributed by atoms with E-state index in [9.17, 15) is 4.79 Å². The highest BCUT2D eigenvalue weighted by molar-refractivity contribution is 7.98. The Morgan fingerprint density at radius 1 is 1.09 bits per heavy atom. The average Bonchev–Trinajstić information content (AvgIpc) is 2.82. The molecule has 1 N–H and O–H groups in total. The van der Waals surface area contributed by atoms with E-state index in [-0.39, 0.29) is 11.8 Å². The van der Waals surface area contributed by atoms with Crippen LogP contribution >= 0.6 is 35.0 Å². The fourth-order valence-electron chi connectivity index (χ4n) is 4.18. The van der Waals surface area contributed by atoms with Crippen LogP contribution < -0.4 is 5.32 Å². The number of aryl methyl sites for hydroxylation is 1. The summed E-state index contributed by atoms with van der Waals surface area (Å²) in [6, 6.07) is 22.3. The molecule has 0 bridgehead atoms. The van der Waals surface area contributed by atoms with E-state index < -0.39 is 0 Å². The van der Waals surface area contributed by atoms with Crippen molar-refractivity contribution in [3.8, 4) is 0 Å². The number of thioether (sulfide) groups is 1. The molecular weight excluding hydrogens is 471 g/mol. The SMILES string of the molecule is Cc1cc(CSc2ccccc2)ccc1NC(=O)C1CCCN(Cc2ccc(Cl)cc2Cl)C1. The van der Waals surface area contributed by atoms with Crippen LogP contribution in [0.2, 0.25) is 10.0 Å². The molecule has 4 rings (SSSR count). The molecule has 1 aliphatic heterocycles. The number of nitrogens with zero attached hydrogens (tertiary/aromatic N) is 1. The second-order valence-corrected chi connectivity index (χ2v) is 10.4. The highest BCUT2D eigenvalue weighted by Crippen LogP contribution is 2.27. The summed E-state index contributed by atoms with van der Waals surface area (Å²) in [7, 11) is 0. The fourth-order valence-corrected chi connectivity index (χ4v) is 5.51. The van der Waals surface area contributed by atoms with Crippen molar-refractivity contribution in [3.63, 3.8) is 0 Å². The molecule has 0 aliphatic carbocycles. The van der Waals surface area contributed by atoms with Gasteiger partial charge in [-0.1, -0.05) is 59.6 Å². The lowest BCUT2D eigenvalue weighted by Gasteiger charge is -2.32. The Hall–Kier alpha value is -1.98. The maximum atomic E-state index is 13.0. The molecule has 1 fully saturated rings. The maximum Gasteiger partial charge on any atom is 0.228 e. The van der Waals surface area contributed by atoms with Gasteiger partial charge in [0.25, 0.3) is 0 Å². The maximum absolute atomic E-state index is 13.0. The van der Waals surface area contributed by atoms with Gasteiger partial charge in [-0.3, -0.25) is 9.69 Å². The molecule has 33 heavy (non-hydrogen) atoms. The van der Waals surface area contributed by atoms with Crippen LogP contribution in [0.4, 0.5) is 5.69 Å². The Bertz CT molecular complexity index is 1110. The molecular formula is C27H28Cl2N2OS. The van der Waals surface area contributed by atoms with Crippen LogP contribution in [-0.4, -0.2) is 23.9 Å². The van der Waals surface area contributed by atoms with Crippen molar-refractivity contribution in [1.82, 2.24) is 4.90 Å². The Kier molecular flexibility index (Phi) is 8.37. The van der Waals surface area contributed by atoms with Crippen LogP contribution in [0.5, 0.6) is 0 Å². The molecule has 0 aromatic heterocycles.